The second-order valence-corrected chi connectivity index (χ2v) is 5.74. The number of hydrogen-bond donors (Lipinski definition) is 3. The van der Waals surface area contributed by atoms with Gasteiger partial charge >= 0.3 is 17.4 Å². The summed E-state index contributed by atoms with van der Waals surface area (Å²) in [5.41, 5.74) is 0.847. The fraction of sp³-hybridized carbons (Fsp3) is 0. The fourth-order valence-corrected chi connectivity index (χ4v) is 2.90. The zero-order chi connectivity index (χ0) is 15.2. The first-order valence-electron chi connectivity index (χ1n) is 5.88. The molecule has 0 fully saturated rings. The van der Waals surface area contributed by atoms with Gasteiger partial charge in [-0.2, -0.15) is 8.42 Å². The minimum absolute atomic E-state index is 0.0573. The molecular formula is C12H9BFNO5S. The first-order valence-corrected chi connectivity index (χ1v) is 7.29. The van der Waals surface area contributed by atoms with E-state index in [9.17, 15) is 12.8 Å². The Morgan fingerprint density at radius 3 is 2.62 bits per heavy atom. The average molecular weight is 309 g/mol. The van der Waals surface area contributed by atoms with E-state index in [2.05, 4.69) is 4.72 Å². The van der Waals surface area contributed by atoms with Gasteiger partial charge < -0.3 is 14.2 Å². The molecule has 2 aromatic rings. The molecule has 0 spiro atoms. The van der Waals surface area contributed by atoms with Gasteiger partial charge in [-0.25, -0.2) is 9.11 Å². The van der Waals surface area contributed by atoms with Gasteiger partial charge in [-0.05, 0) is 29.2 Å². The first-order chi connectivity index (χ1) is 9.85. The molecule has 0 saturated heterocycles. The molecular weight excluding hydrogens is 300 g/mol. The van der Waals surface area contributed by atoms with E-state index in [4.69, 9.17) is 14.2 Å². The molecule has 0 radical (unpaired) electrons. The van der Waals surface area contributed by atoms with Crippen LogP contribution >= 0.6 is 0 Å². The molecule has 21 heavy (non-hydrogen) atoms. The van der Waals surface area contributed by atoms with Crippen LogP contribution in [0, 0.1) is 5.82 Å². The largest absolute Gasteiger partial charge is 0.488 e. The molecule has 3 rings (SSSR count). The van der Waals surface area contributed by atoms with Gasteiger partial charge in [-0.1, -0.05) is 18.2 Å². The normalized spacial score (nSPS) is 15.0. The summed E-state index contributed by atoms with van der Waals surface area (Å²) in [6.45, 7) is 0. The van der Waals surface area contributed by atoms with Crippen LogP contribution in [0.5, 0.6) is 5.75 Å². The lowest BCUT2D eigenvalue weighted by atomic mass is 9.79. The number of nitrogens with one attached hydrogen (secondary N) is 1. The summed E-state index contributed by atoms with van der Waals surface area (Å²) < 4.78 is 43.3. The van der Waals surface area contributed by atoms with E-state index in [-0.39, 0.29) is 22.5 Å². The van der Waals surface area contributed by atoms with E-state index in [1.165, 1.54) is 30.3 Å². The maximum atomic E-state index is 13.9. The second-order valence-electron chi connectivity index (χ2n) is 4.46. The Bertz CT molecular complexity index is 824. The highest BCUT2D eigenvalue weighted by molar-refractivity contribution is 7.88. The Labute approximate surface area is 120 Å². The lowest BCUT2D eigenvalue weighted by Crippen LogP contribution is -2.29. The van der Waals surface area contributed by atoms with Crippen molar-refractivity contribution >= 4 is 28.6 Å². The number of rotatable bonds is 2. The monoisotopic (exact) mass is 309 g/mol. The second kappa shape index (κ2) is 4.73. The van der Waals surface area contributed by atoms with Crippen molar-refractivity contribution < 1.29 is 27.0 Å². The molecule has 0 bridgehead atoms. The Hall–Kier alpha value is -2.10. The lowest BCUT2D eigenvalue weighted by molar-refractivity contribution is 0.425. The SMILES string of the molecule is O=S1(=O)Nc2ccc(-c3cc(B(O)O)ccc3F)cc2O1. The summed E-state index contributed by atoms with van der Waals surface area (Å²) in [5, 5.41) is 18.3. The van der Waals surface area contributed by atoms with Gasteiger partial charge in [-0.3, -0.25) is 0 Å². The molecule has 0 atom stereocenters. The van der Waals surface area contributed by atoms with Crippen molar-refractivity contribution in [3.05, 3.63) is 42.2 Å². The Balaban J connectivity index is 2.09. The third kappa shape index (κ3) is 2.58. The summed E-state index contributed by atoms with van der Waals surface area (Å²) in [4.78, 5) is 0. The van der Waals surface area contributed by atoms with Crippen molar-refractivity contribution in [2.75, 3.05) is 4.72 Å². The molecule has 2 aromatic carbocycles. The highest BCUT2D eigenvalue weighted by Gasteiger charge is 2.26. The molecule has 1 aliphatic heterocycles. The van der Waals surface area contributed by atoms with Gasteiger partial charge in [0.25, 0.3) is 0 Å². The van der Waals surface area contributed by atoms with Crippen LogP contribution in [0.25, 0.3) is 11.1 Å². The Morgan fingerprint density at radius 2 is 1.90 bits per heavy atom. The van der Waals surface area contributed by atoms with Crippen LogP contribution in [0.3, 0.4) is 0 Å². The van der Waals surface area contributed by atoms with Gasteiger partial charge in [0.2, 0.25) is 0 Å². The first kappa shape index (κ1) is 13.9. The molecule has 3 N–H and O–H groups in total. The minimum atomic E-state index is -3.86. The predicted molar refractivity (Wildman–Crippen MR) is 74.8 cm³/mol. The quantitative estimate of drug-likeness (QED) is 0.690. The van der Waals surface area contributed by atoms with Crippen LogP contribution in [-0.2, 0) is 10.3 Å². The summed E-state index contributed by atoms with van der Waals surface area (Å²) in [6, 6.07) is 7.93. The lowest BCUT2D eigenvalue weighted by Gasteiger charge is -2.07. The van der Waals surface area contributed by atoms with Crippen molar-refractivity contribution in [3.63, 3.8) is 0 Å². The summed E-state index contributed by atoms with van der Waals surface area (Å²) >= 11 is 0. The third-order valence-electron chi connectivity index (χ3n) is 3.02. The van der Waals surface area contributed by atoms with Crippen LogP contribution in [0.15, 0.2) is 36.4 Å². The van der Waals surface area contributed by atoms with Crippen LogP contribution in [-0.4, -0.2) is 25.6 Å². The molecule has 0 saturated carbocycles. The predicted octanol–water partition coefficient (Wildman–Crippen LogP) is 0.222. The molecule has 0 aliphatic carbocycles. The average Bonchev–Trinajstić information content (AvgIpc) is 2.71. The van der Waals surface area contributed by atoms with Crippen LogP contribution in [0.2, 0.25) is 0 Å². The smallest absolute Gasteiger partial charge is 0.423 e. The van der Waals surface area contributed by atoms with Crippen molar-refractivity contribution in [1.82, 2.24) is 0 Å². The van der Waals surface area contributed by atoms with E-state index >= 15 is 0 Å². The minimum Gasteiger partial charge on any atom is -0.423 e. The summed E-state index contributed by atoms with van der Waals surface area (Å²) in [5.74, 6) is -0.519. The van der Waals surface area contributed by atoms with Crippen LogP contribution < -0.4 is 14.4 Å². The highest BCUT2D eigenvalue weighted by atomic mass is 32.2. The number of anilines is 1. The summed E-state index contributed by atoms with van der Waals surface area (Å²) in [7, 11) is -5.58. The van der Waals surface area contributed by atoms with Crippen LogP contribution in [0.4, 0.5) is 10.1 Å². The Kier molecular flexibility index (Phi) is 3.12. The van der Waals surface area contributed by atoms with E-state index in [0.29, 0.717) is 5.56 Å². The third-order valence-corrected chi connectivity index (χ3v) is 3.88. The number of benzene rings is 2. The van der Waals surface area contributed by atoms with E-state index in [1.54, 1.807) is 0 Å². The van der Waals surface area contributed by atoms with Crippen LogP contribution in [0.1, 0.15) is 0 Å². The van der Waals surface area contributed by atoms with Gasteiger partial charge in [-0.15, -0.1) is 0 Å². The van der Waals surface area contributed by atoms with Crippen molar-refractivity contribution in [2.24, 2.45) is 0 Å². The number of hydrogen-bond acceptors (Lipinski definition) is 5. The van der Waals surface area contributed by atoms with Crippen molar-refractivity contribution in [1.29, 1.82) is 0 Å². The standard InChI is InChI=1S/C12H9BFNO5S/c14-10-3-2-8(13(16)17)6-9(10)7-1-4-11-12(5-7)20-21(18,19)15-11/h1-6,15-17H. The zero-order valence-electron chi connectivity index (χ0n) is 10.4. The summed E-state index contributed by atoms with van der Waals surface area (Å²) in [6.07, 6.45) is 0. The topological polar surface area (TPSA) is 95.9 Å². The van der Waals surface area contributed by atoms with Gasteiger partial charge in [0, 0.05) is 5.56 Å². The molecule has 9 heteroatoms. The van der Waals surface area contributed by atoms with E-state index in [0.717, 1.165) is 6.07 Å². The van der Waals surface area contributed by atoms with Gasteiger partial charge in [0.15, 0.2) is 5.75 Å². The van der Waals surface area contributed by atoms with Crippen molar-refractivity contribution in [2.45, 2.75) is 0 Å². The van der Waals surface area contributed by atoms with E-state index in [1.807, 2.05) is 0 Å². The zero-order valence-corrected chi connectivity index (χ0v) is 11.3. The molecule has 108 valence electrons. The fourth-order valence-electron chi connectivity index (χ4n) is 2.04. The van der Waals surface area contributed by atoms with Gasteiger partial charge in [0.05, 0.1) is 5.69 Å². The number of halogens is 1. The highest BCUT2D eigenvalue weighted by Crippen LogP contribution is 2.36. The van der Waals surface area contributed by atoms with Crippen molar-refractivity contribution in [3.8, 4) is 16.9 Å². The molecule has 6 nitrogen and oxygen atoms in total. The molecule has 1 heterocycles. The molecule has 0 amide bonds. The molecule has 1 aliphatic rings. The maximum Gasteiger partial charge on any atom is 0.488 e. The maximum absolute atomic E-state index is 13.9. The molecule has 0 unspecified atom stereocenters. The number of fused-ring (bicyclic) bond motifs is 1. The molecule has 0 aromatic heterocycles. The Morgan fingerprint density at radius 1 is 1.14 bits per heavy atom. The van der Waals surface area contributed by atoms with Gasteiger partial charge in [0.1, 0.15) is 5.82 Å². The van der Waals surface area contributed by atoms with E-state index < -0.39 is 23.2 Å².